The van der Waals surface area contributed by atoms with E-state index in [-0.39, 0.29) is 0 Å². The molecule has 0 amide bonds. The molecule has 0 aliphatic carbocycles. The van der Waals surface area contributed by atoms with Crippen molar-refractivity contribution in [1.29, 1.82) is 0 Å². The second kappa shape index (κ2) is 5.81. The summed E-state index contributed by atoms with van der Waals surface area (Å²) in [5, 5.41) is 2.12. The number of hydrogen-bond donors (Lipinski definition) is 0. The van der Waals surface area contributed by atoms with Gasteiger partial charge < -0.3 is 4.57 Å². The molecule has 0 aliphatic rings. The van der Waals surface area contributed by atoms with Gasteiger partial charge in [-0.2, -0.15) is 0 Å². The summed E-state index contributed by atoms with van der Waals surface area (Å²) in [6.07, 6.45) is 6.09. The standard InChI is InChI=1S/C9H14Br2N2/c1-13-5-4-12-9(13)3-2-8(6-10)7-11/h4-5,8H,2-3,6-7H2,1H3. The highest BCUT2D eigenvalue weighted by atomic mass is 79.9. The van der Waals surface area contributed by atoms with Crippen LogP contribution in [-0.2, 0) is 13.5 Å². The summed E-state index contributed by atoms with van der Waals surface area (Å²) in [6, 6.07) is 0. The van der Waals surface area contributed by atoms with Gasteiger partial charge in [0.1, 0.15) is 5.82 Å². The molecule has 2 nitrogen and oxygen atoms in total. The molecule has 0 saturated heterocycles. The molecule has 74 valence electrons. The summed E-state index contributed by atoms with van der Waals surface area (Å²) in [7, 11) is 2.04. The van der Waals surface area contributed by atoms with E-state index in [1.165, 1.54) is 12.2 Å². The van der Waals surface area contributed by atoms with Crippen LogP contribution in [0.25, 0.3) is 0 Å². The van der Waals surface area contributed by atoms with Crippen molar-refractivity contribution < 1.29 is 0 Å². The van der Waals surface area contributed by atoms with Crippen molar-refractivity contribution in [3.63, 3.8) is 0 Å². The molecule has 0 fully saturated rings. The van der Waals surface area contributed by atoms with Gasteiger partial charge in [-0.05, 0) is 12.3 Å². The topological polar surface area (TPSA) is 17.8 Å². The molecule has 0 radical (unpaired) electrons. The van der Waals surface area contributed by atoms with E-state index in [0.717, 1.165) is 17.1 Å². The minimum Gasteiger partial charge on any atom is -0.338 e. The van der Waals surface area contributed by atoms with Gasteiger partial charge in [0.15, 0.2) is 0 Å². The van der Waals surface area contributed by atoms with Gasteiger partial charge in [0.05, 0.1) is 0 Å². The molecule has 0 bridgehead atoms. The Kier molecular flexibility index (Phi) is 5.02. The Morgan fingerprint density at radius 3 is 2.62 bits per heavy atom. The van der Waals surface area contributed by atoms with Gasteiger partial charge in [0.2, 0.25) is 0 Å². The zero-order valence-electron chi connectivity index (χ0n) is 7.71. The Morgan fingerprint density at radius 2 is 2.15 bits per heavy atom. The van der Waals surface area contributed by atoms with E-state index in [1.807, 2.05) is 19.4 Å². The molecule has 1 rings (SSSR count). The highest BCUT2D eigenvalue weighted by Gasteiger charge is 2.07. The highest BCUT2D eigenvalue weighted by Crippen LogP contribution is 2.13. The molecule has 0 N–H and O–H groups in total. The number of nitrogens with zero attached hydrogens (tertiary/aromatic N) is 2. The van der Waals surface area contributed by atoms with Gasteiger partial charge in [0.25, 0.3) is 0 Å². The number of rotatable bonds is 5. The normalized spacial score (nSPS) is 11.1. The number of halogens is 2. The first-order valence-corrected chi connectivity index (χ1v) is 6.60. The van der Waals surface area contributed by atoms with Crippen LogP contribution in [0, 0.1) is 5.92 Å². The van der Waals surface area contributed by atoms with Crippen LogP contribution in [0.15, 0.2) is 12.4 Å². The van der Waals surface area contributed by atoms with E-state index < -0.39 is 0 Å². The van der Waals surface area contributed by atoms with E-state index in [2.05, 4.69) is 41.4 Å². The third kappa shape index (κ3) is 3.43. The molecule has 0 aromatic carbocycles. The zero-order chi connectivity index (χ0) is 9.68. The number of imidazole rings is 1. The van der Waals surface area contributed by atoms with Crippen LogP contribution in [0.3, 0.4) is 0 Å². The number of alkyl halides is 2. The third-order valence-electron chi connectivity index (χ3n) is 2.13. The maximum absolute atomic E-state index is 4.29. The smallest absolute Gasteiger partial charge is 0.108 e. The van der Waals surface area contributed by atoms with Gasteiger partial charge in [-0.15, -0.1) is 0 Å². The molecular weight excluding hydrogens is 296 g/mol. The predicted octanol–water partition coefficient (Wildman–Crippen LogP) is 2.76. The van der Waals surface area contributed by atoms with E-state index in [4.69, 9.17) is 0 Å². The van der Waals surface area contributed by atoms with E-state index >= 15 is 0 Å². The van der Waals surface area contributed by atoms with E-state index in [9.17, 15) is 0 Å². The first-order chi connectivity index (χ1) is 6.27. The molecule has 0 unspecified atom stereocenters. The van der Waals surface area contributed by atoms with Crippen molar-refractivity contribution >= 4 is 31.9 Å². The molecule has 1 aromatic rings. The Morgan fingerprint density at radius 1 is 1.46 bits per heavy atom. The SMILES string of the molecule is Cn1ccnc1CCC(CBr)CBr. The second-order valence-corrected chi connectivity index (χ2v) is 4.46. The fourth-order valence-electron chi connectivity index (χ4n) is 1.17. The average molecular weight is 310 g/mol. The number of aryl methyl sites for hydroxylation is 2. The van der Waals surface area contributed by atoms with Crippen molar-refractivity contribution in [2.24, 2.45) is 13.0 Å². The average Bonchev–Trinajstić information content (AvgIpc) is 2.54. The second-order valence-electron chi connectivity index (χ2n) is 3.17. The predicted molar refractivity (Wildman–Crippen MR) is 62.6 cm³/mol. The quantitative estimate of drug-likeness (QED) is 0.765. The fourth-order valence-corrected chi connectivity index (χ4v) is 2.89. The van der Waals surface area contributed by atoms with E-state index in [1.54, 1.807) is 0 Å². The molecule has 4 heteroatoms. The minimum absolute atomic E-state index is 0.705. The first kappa shape index (κ1) is 11.2. The van der Waals surface area contributed by atoms with Crippen LogP contribution in [0.4, 0.5) is 0 Å². The van der Waals surface area contributed by atoms with Crippen LogP contribution in [0.5, 0.6) is 0 Å². The van der Waals surface area contributed by atoms with Crippen LogP contribution in [0.2, 0.25) is 0 Å². The summed E-state index contributed by atoms with van der Waals surface area (Å²) >= 11 is 7.00. The van der Waals surface area contributed by atoms with E-state index in [0.29, 0.717) is 5.92 Å². The van der Waals surface area contributed by atoms with Crippen molar-refractivity contribution in [1.82, 2.24) is 9.55 Å². The molecule has 0 aliphatic heterocycles. The van der Waals surface area contributed by atoms with Crippen LogP contribution in [-0.4, -0.2) is 20.2 Å². The van der Waals surface area contributed by atoms with Gasteiger partial charge in [0, 0.05) is 36.5 Å². The monoisotopic (exact) mass is 308 g/mol. The summed E-state index contributed by atoms with van der Waals surface area (Å²) < 4.78 is 2.08. The summed E-state index contributed by atoms with van der Waals surface area (Å²) in [4.78, 5) is 4.29. The van der Waals surface area contributed by atoms with Gasteiger partial charge in [-0.25, -0.2) is 4.98 Å². The lowest BCUT2D eigenvalue weighted by molar-refractivity contribution is 0.588. The maximum atomic E-state index is 4.29. The summed E-state index contributed by atoms with van der Waals surface area (Å²) in [5.41, 5.74) is 0. The molecule has 1 heterocycles. The minimum atomic E-state index is 0.705. The maximum Gasteiger partial charge on any atom is 0.108 e. The van der Waals surface area contributed by atoms with Crippen molar-refractivity contribution in [3.8, 4) is 0 Å². The number of aromatic nitrogens is 2. The Hall–Kier alpha value is 0.170. The lowest BCUT2D eigenvalue weighted by Crippen LogP contribution is -2.07. The Labute approximate surface area is 96.0 Å². The molecule has 0 atom stereocenters. The summed E-state index contributed by atoms with van der Waals surface area (Å²) in [5.74, 6) is 1.88. The van der Waals surface area contributed by atoms with Crippen LogP contribution >= 0.6 is 31.9 Å². The van der Waals surface area contributed by atoms with Crippen LogP contribution in [0.1, 0.15) is 12.2 Å². The van der Waals surface area contributed by atoms with Gasteiger partial charge in [-0.3, -0.25) is 0 Å². The van der Waals surface area contributed by atoms with Crippen molar-refractivity contribution in [2.45, 2.75) is 12.8 Å². The Bertz CT molecular complexity index is 244. The Balaban J connectivity index is 2.38. The van der Waals surface area contributed by atoms with Crippen LogP contribution < -0.4 is 0 Å². The lowest BCUT2D eigenvalue weighted by atomic mass is 10.1. The molecule has 1 aromatic heterocycles. The number of hydrogen-bond acceptors (Lipinski definition) is 1. The molecule has 13 heavy (non-hydrogen) atoms. The van der Waals surface area contributed by atoms with Gasteiger partial charge in [-0.1, -0.05) is 31.9 Å². The molecule has 0 spiro atoms. The van der Waals surface area contributed by atoms with Crippen molar-refractivity contribution in [3.05, 3.63) is 18.2 Å². The molecular formula is C9H14Br2N2. The third-order valence-corrected chi connectivity index (χ3v) is 3.96. The highest BCUT2D eigenvalue weighted by molar-refractivity contribution is 9.09. The van der Waals surface area contributed by atoms with Crippen molar-refractivity contribution in [2.75, 3.05) is 10.7 Å². The largest absolute Gasteiger partial charge is 0.338 e. The zero-order valence-corrected chi connectivity index (χ0v) is 10.9. The molecule has 0 saturated carbocycles. The first-order valence-electron chi connectivity index (χ1n) is 4.36. The lowest BCUT2D eigenvalue weighted by Gasteiger charge is -2.09. The van der Waals surface area contributed by atoms with Gasteiger partial charge >= 0.3 is 0 Å². The summed E-state index contributed by atoms with van der Waals surface area (Å²) in [6.45, 7) is 0. The fraction of sp³-hybridized carbons (Fsp3) is 0.667.